The fourth-order valence-corrected chi connectivity index (χ4v) is 1.75. The van der Waals surface area contributed by atoms with E-state index in [2.05, 4.69) is 15.9 Å². The quantitative estimate of drug-likeness (QED) is 0.767. The van der Waals surface area contributed by atoms with Crippen LogP contribution in [0.1, 0.15) is 5.56 Å². The molecule has 0 saturated heterocycles. The molecule has 0 unspecified atom stereocenters. The average Bonchev–Trinajstić information content (AvgIpc) is 2.81. The van der Waals surface area contributed by atoms with Gasteiger partial charge in [-0.15, -0.1) is 0 Å². The first kappa shape index (κ1) is 11.1. The highest BCUT2D eigenvalue weighted by Crippen LogP contribution is 2.14. The summed E-state index contributed by atoms with van der Waals surface area (Å²) in [5.41, 5.74) is 1.03. The van der Waals surface area contributed by atoms with Crippen LogP contribution in [0.5, 0.6) is 0 Å². The van der Waals surface area contributed by atoms with E-state index in [-0.39, 0.29) is 11.7 Å². The highest BCUT2D eigenvalue weighted by atomic mass is 79.9. The van der Waals surface area contributed by atoms with Crippen molar-refractivity contribution >= 4 is 27.8 Å². The Kier molecular flexibility index (Phi) is 3.52. The molecule has 0 heterocycles. The molecule has 1 aliphatic carbocycles. The summed E-state index contributed by atoms with van der Waals surface area (Å²) in [5.74, 6) is 0.0413. The summed E-state index contributed by atoms with van der Waals surface area (Å²) in [4.78, 5) is 11.7. The Hall–Kier alpha value is -1.41. The van der Waals surface area contributed by atoms with E-state index in [4.69, 9.17) is 0 Å². The minimum atomic E-state index is -0.0771. The van der Waals surface area contributed by atoms with E-state index in [1.165, 1.54) is 0 Å². The van der Waals surface area contributed by atoms with Gasteiger partial charge in [-0.3, -0.25) is 4.79 Å². The van der Waals surface area contributed by atoms with Crippen LogP contribution in [0, 0.1) is 5.92 Å². The van der Waals surface area contributed by atoms with Crippen molar-refractivity contribution in [3.8, 4) is 0 Å². The minimum absolute atomic E-state index is 0.0771. The third-order valence-electron chi connectivity index (χ3n) is 2.39. The number of benzene rings is 1. The number of allylic oxidation sites excluding steroid dienone is 5. The zero-order valence-corrected chi connectivity index (χ0v) is 10.2. The van der Waals surface area contributed by atoms with E-state index in [0.717, 1.165) is 10.0 Å². The van der Waals surface area contributed by atoms with Crippen molar-refractivity contribution in [3.63, 3.8) is 0 Å². The van der Waals surface area contributed by atoms with Gasteiger partial charge in [-0.2, -0.15) is 0 Å². The molecule has 0 spiro atoms. The highest BCUT2D eigenvalue weighted by Gasteiger charge is 2.10. The molecule has 80 valence electrons. The van der Waals surface area contributed by atoms with E-state index in [1.807, 2.05) is 54.6 Å². The lowest BCUT2D eigenvalue weighted by Gasteiger charge is -1.98. The molecule has 2 heteroatoms. The third-order valence-corrected chi connectivity index (χ3v) is 2.92. The van der Waals surface area contributed by atoms with Crippen molar-refractivity contribution in [1.82, 2.24) is 0 Å². The SMILES string of the molecule is O=C(C=Cc1ccc(Br)cc1)C1C=CC=C1. The second-order valence-electron chi connectivity index (χ2n) is 3.58. The van der Waals surface area contributed by atoms with Gasteiger partial charge >= 0.3 is 0 Å². The molecule has 1 aromatic carbocycles. The first-order chi connectivity index (χ1) is 7.75. The number of carbonyl (C=O) groups is 1. The number of halogens is 1. The van der Waals surface area contributed by atoms with Gasteiger partial charge in [0.25, 0.3) is 0 Å². The van der Waals surface area contributed by atoms with Crippen molar-refractivity contribution < 1.29 is 4.79 Å². The van der Waals surface area contributed by atoms with Crippen LogP contribution in [-0.4, -0.2) is 5.78 Å². The number of hydrogen-bond donors (Lipinski definition) is 0. The lowest BCUT2D eigenvalue weighted by molar-refractivity contribution is -0.115. The maximum Gasteiger partial charge on any atom is 0.166 e. The Bertz CT molecular complexity index is 454. The second kappa shape index (κ2) is 5.08. The Balaban J connectivity index is 2.03. The summed E-state index contributed by atoms with van der Waals surface area (Å²) >= 11 is 3.37. The summed E-state index contributed by atoms with van der Waals surface area (Å²) in [5, 5.41) is 0. The monoisotopic (exact) mass is 274 g/mol. The normalized spacial score (nSPS) is 15.1. The summed E-state index contributed by atoms with van der Waals surface area (Å²) < 4.78 is 1.04. The van der Waals surface area contributed by atoms with Gasteiger partial charge in [0.15, 0.2) is 5.78 Å². The van der Waals surface area contributed by atoms with Crippen LogP contribution >= 0.6 is 15.9 Å². The summed E-state index contributed by atoms with van der Waals surface area (Å²) in [6.07, 6.45) is 11.1. The number of rotatable bonds is 3. The topological polar surface area (TPSA) is 17.1 Å². The molecule has 0 fully saturated rings. The Labute approximate surface area is 103 Å². The number of hydrogen-bond acceptors (Lipinski definition) is 1. The Morgan fingerprint density at radius 3 is 2.38 bits per heavy atom. The summed E-state index contributed by atoms with van der Waals surface area (Å²) in [7, 11) is 0. The fraction of sp³-hybridized carbons (Fsp3) is 0.0714. The van der Waals surface area contributed by atoms with Gasteiger partial charge in [0.2, 0.25) is 0 Å². The van der Waals surface area contributed by atoms with Crippen LogP contribution < -0.4 is 0 Å². The number of ketones is 1. The summed E-state index contributed by atoms with van der Waals surface area (Å²) in [6, 6.07) is 7.85. The maximum absolute atomic E-state index is 11.7. The van der Waals surface area contributed by atoms with Gasteiger partial charge in [0, 0.05) is 4.47 Å². The molecule has 2 rings (SSSR count). The molecule has 0 N–H and O–H groups in total. The molecule has 0 bridgehead atoms. The molecule has 16 heavy (non-hydrogen) atoms. The molecular weight excluding hydrogens is 264 g/mol. The molecular formula is C14H11BrO. The van der Waals surface area contributed by atoms with E-state index < -0.39 is 0 Å². The van der Waals surface area contributed by atoms with Crippen molar-refractivity contribution in [2.75, 3.05) is 0 Å². The average molecular weight is 275 g/mol. The van der Waals surface area contributed by atoms with Crippen LogP contribution in [0.15, 0.2) is 59.1 Å². The zero-order valence-electron chi connectivity index (χ0n) is 8.64. The molecule has 0 aromatic heterocycles. The van der Waals surface area contributed by atoms with Crippen LogP contribution in [0.4, 0.5) is 0 Å². The van der Waals surface area contributed by atoms with Gasteiger partial charge in [-0.05, 0) is 23.8 Å². The smallest absolute Gasteiger partial charge is 0.166 e. The molecule has 1 aromatic rings. The molecule has 1 nitrogen and oxygen atoms in total. The van der Waals surface area contributed by atoms with E-state index >= 15 is 0 Å². The van der Waals surface area contributed by atoms with Crippen LogP contribution in [0.25, 0.3) is 6.08 Å². The Morgan fingerprint density at radius 2 is 1.75 bits per heavy atom. The zero-order chi connectivity index (χ0) is 11.4. The van der Waals surface area contributed by atoms with Crippen LogP contribution in [0.3, 0.4) is 0 Å². The third kappa shape index (κ3) is 2.80. The van der Waals surface area contributed by atoms with Gasteiger partial charge in [-0.1, -0.05) is 58.4 Å². The lowest BCUT2D eigenvalue weighted by Crippen LogP contribution is -2.03. The van der Waals surface area contributed by atoms with Crippen molar-refractivity contribution in [1.29, 1.82) is 0 Å². The largest absolute Gasteiger partial charge is 0.294 e. The van der Waals surface area contributed by atoms with Crippen molar-refractivity contribution in [3.05, 3.63) is 64.7 Å². The van der Waals surface area contributed by atoms with E-state index in [1.54, 1.807) is 6.08 Å². The predicted molar refractivity (Wildman–Crippen MR) is 70.0 cm³/mol. The molecule has 0 amide bonds. The maximum atomic E-state index is 11.7. The van der Waals surface area contributed by atoms with Gasteiger partial charge in [-0.25, -0.2) is 0 Å². The first-order valence-electron chi connectivity index (χ1n) is 5.08. The van der Waals surface area contributed by atoms with Gasteiger partial charge in [0.05, 0.1) is 5.92 Å². The summed E-state index contributed by atoms with van der Waals surface area (Å²) in [6.45, 7) is 0. The van der Waals surface area contributed by atoms with Crippen LogP contribution in [-0.2, 0) is 4.79 Å². The number of carbonyl (C=O) groups excluding carboxylic acids is 1. The Morgan fingerprint density at radius 1 is 1.12 bits per heavy atom. The van der Waals surface area contributed by atoms with Crippen LogP contribution in [0.2, 0.25) is 0 Å². The van der Waals surface area contributed by atoms with E-state index in [9.17, 15) is 4.79 Å². The predicted octanol–water partition coefficient (Wildman–Crippen LogP) is 3.77. The van der Waals surface area contributed by atoms with Crippen molar-refractivity contribution in [2.24, 2.45) is 5.92 Å². The molecule has 0 saturated carbocycles. The molecule has 0 atom stereocenters. The standard InChI is InChI=1S/C14H11BrO/c15-13-8-5-11(6-9-13)7-10-14(16)12-3-1-2-4-12/h1-10,12H. The van der Waals surface area contributed by atoms with Gasteiger partial charge < -0.3 is 0 Å². The fourth-order valence-electron chi connectivity index (χ4n) is 1.48. The van der Waals surface area contributed by atoms with E-state index in [0.29, 0.717) is 0 Å². The lowest BCUT2D eigenvalue weighted by atomic mass is 10.1. The molecule has 0 aliphatic heterocycles. The van der Waals surface area contributed by atoms with Crippen molar-refractivity contribution in [2.45, 2.75) is 0 Å². The molecule has 0 radical (unpaired) electrons. The minimum Gasteiger partial charge on any atom is -0.294 e. The first-order valence-corrected chi connectivity index (χ1v) is 5.87. The van der Waals surface area contributed by atoms with Gasteiger partial charge in [0.1, 0.15) is 0 Å². The highest BCUT2D eigenvalue weighted by molar-refractivity contribution is 9.10. The second-order valence-corrected chi connectivity index (χ2v) is 4.50. The molecule has 1 aliphatic rings.